The lowest BCUT2D eigenvalue weighted by atomic mass is 9.82. The van der Waals surface area contributed by atoms with E-state index in [0.717, 1.165) is 25.7 Å². The Morgan fingerprint density at radius 3 is 2.48 bits per heavy atom. The molecule has 0 saturated heterocycles. The Labute approximate surface area is 169 Å². The standard InChI is InChI=1S/C21H28N4O4/c1-2-25-11-15(18(24-25)20(27)22-14-6-4-3-5-7-14)23-19(26)16-12-8-9-13(10-12)17(16)21(28)29/h8-9,11-14,16-17H,2-7,10H2,1H3,(H,22,27)(H,23,26)(H,28,29). The largest absolute Gasteiger partial charge is 0.481 e. The van der Waals surface area contributed by atoms with Crippen molar-refractivity contribution in [2.45, 2.75) is 58.0 Å². The van der Waals surface area contributed by atoms with E-state index >= 15 is 0 Å². The molecule has 1 aromatic heterocycles. The molecule has 8 heteroatoms. The SMILES string of the molecule is CCn1cc(NC(=O)C2C3C=CC(C3)C2C(=O)O)c(C(=O)NC2CCCCC2)n1. The van der Waals surface area contributed by atoms with Crippen molar-refractivity contribution >= 4 is 23.5 Å². The maximum absolute atomic E-state index is 13.0. The Morgan fingerprint density at radius 2 is 1.83 bits per heavy atom. The molecule has 0 aliphatic heterocycles. The highest BCUT2D eigenvalue weighted by molar-refractivity contribution is 6.03. The van der Waals surface area contributed by atoms with Gasteiger partial charge in [0.25, 0.3) is 5.91 Å². The number of fused-ring (bicyclic) bond motifs is 2. The fourth-order valence-corrected chi connectivity index (χ4v) is 5.08. The molecule has 8 nitrogen and oxygen atoms in total. The molecule has 2 amide bonds. The third-order valence-corrected chi connectivity index (χ3v) is 6.55. The summed E-state index contributed by atoms with van der Waals surface area (Å²) >= 11 is 0. The van der Waals surface area contributed by atoms with Crippen molar-refractivity contribution in [1.82, 2.24) is 15.1 Å². The lowest BCUT2D eigenvalue weighted by Crippen LogP contribution is -2.38. The van der Waals surface area contributed by atoms with Gasteiger partial charge < -0.3 is 15.7 Å². The molecule has 2 fully saturated rings. The van der Waals surface area contributed by atoms with Gasteiger partial charge in [0, 0.05) is 18.8 Å². The molecule has 3 aliphatic rings. The Hall–Kier alpha value is -2.64. The van der Waals surface area contributed by atoms with E-state index in [4.69, 9.17) is 0 Å². The number of hydrogen-bond donors (Lipinski definition) is 3. The number of carboxylic acids is 1. The summed E-state index contributed by atoms with van der Waals surface area (Å²) in [6, 6.07) is 0.138. The van der Waals surface area contributed by atoms with Gasteiger partial charge in [-0.15, -0.1) is 0 Å². The Bertz CT molecular complexity index is 840. The average molecular weight is 400 g/mol. The fourth-order valence-electron chi connectivity index (χ4n) is 5.08. The minimum atomic E-state index is -0.943. The molecule has 2 bridgehead atoms. The minimum absolute atomic E-state index is 0.0677. The van der Waals surface area contributed by atoms with Crippen LogP contribution >= 0.6 is 0 Å². The number of amides is 2. The molecule has 3 aliphatic carbocycles. The van der Waals surface area contributed by atoms with Gasteiger partial charge in [0.05, 0.1) is 17.5 Å². The van der Waals surface area contributed by atoms with E-state index in [9.17, 15) is 19.5 Å². The molecule has 3 N–H and O–H groups in total. The van der Waals surface area contributed by atoms with Crippen molar-refractivity contribution in [3.8, 4) is 0 Å². The summed E-state index contributed by atoms with van der Waals surface area (Å²) in [6.45, 7) is 2.47. The summed E-state index contributed by atoms with van der Waals surface area (Å²) in [5.74, 6) is -3.09. The highest BCUT2D eigenvalue weighted by Gasteiger charge is 2.51. The normalized spacial score (nSPS) is 28.4. The third-order valence-electron chi connectivity index (χ3n) is 6.55. The predicted molar refractivity (Wildman–Crippen MR) is 106 cm³/mol. The summed E-state index contributed by atoms with van der Waals surface area (Å²) in [5, 5.41) is 19.8. The maximum atomic E-state index is 13.0. The van der Waals surface area contributed by atoms with Gasteiger partial charge in [-0.05, 0) is 38.0 Å². The molecule has 2 saturated carbocycles. The monoisotopic (exact) mass is 400 g/mol. The number of carbonyl (C=O) groups is 3. The Morgan fingerprint density at radius 1 is 1.14 bits per heavy atom. The molecule has 0 spiro atoms. The molecule has 4 unspecified atom stereocenters. The van der Waals surface area contributed by atoms with E-state index in [1.807, 2.05) is 19.1 Å². The number of rotatable bonds is 6. The first-order valence-corrected chi connectivity index (χ1v) is 10.6. The van der Waals surface area contributed by atoms with Gasteiger partial charge in [-0.1, -0.05) is 31.4 Å². The van der Waals surface area contributed by atoms with E-state index in [2.05, 4.69) is 15.7 Å². The van der Waals surface area contributed by atoms with Crippen LogP contribution in [-0.2, 0) is 16.1 Å². The first kappa shape index (κ1) is 19.7. The summed E-state index contributed by atoms with van der Waals surface area (Å²) in [7, 11) is 0. The molecule has 4 rings (SSSR count). The van der Waals surface area contributed by atoms with Crippen molar-refractivity contribution in [3.05, 3.63) is 24.0 Å². The second kappa shape index (κ2) is 8.00. The Kier molecular flexibility index (Phi) is 5.43. The van der Waals surface area contributed by atoms with Crippen LogP contribution in [0.1, 0.15) is 55.9 Å². The number of hydrogen-bond acceptors (Lipinski definition) is 4. The number of aryl methyl sites for hydroxylation is 1. The lowest BCUT2D eigenvalue weighted by molar-refractivity contribution is -0.146. The zero-order chi connectivity index (χ0) is 20.5. The second-order valence-corrected chi connectivity index (χ2v) is 8.38. The quantitative estimate of drug-likeness (QED) is 0.635. The number of nitrogens with one attached hydrogen (secondary N) is 2. The number of nitrogens with zero attached hydrogens (tertiary/aromatic N) is 2. The molecule has 29 heavy (non-hydrogen) atoms. The van der Waals surface area contributed by atoms with Crippen LogP contribution in [0.2, 0.25) is 0 Å². The highest BCUT2D eigenvalue weighted by atomic mass is 16.4. The van der Waals surface area contributed by atoms with E-state index in [0.29, 0.717) is 18.7 Å². The van der Waals surface area contributed by atoms with Crippen molar-refractivity contribution < 1.29 is 19.5 Å². The van der Waals surface area contributed by atoms with E-state index in [1.54, 1.807) is 10.9 Å². The molecule has 0 aromatic carbocycles. The molecular weight excluding hydrogens is 372 g/mol. The van der Waals surface area contributed by atoms with Crippen LogP contribution in [0.3, 0.4) is 0 Å². The van der Waals surface area contributed by atoms with Crippen LogP contribution in [-0.4, -0.2) is 38.7 Å². The van der Waals surface area contributed by atoms with Gasteiger partial charge in [-0.2, -0.15) is 5.10 Å². The number of aliphatic carboxylic acids is 1. The topological polar surface area (TPSA) is 113 Å². The molecule has 0 radical (unpaired) electrons. The van der Waals surface area contributed by atoms with E-state index in [-0.39, 0.29) is 35.4 Å². The van der Waals surface area contributed by atoms with E-state index < -0.39 is 17.8 Å². The first-order chi connectivity index (χ1) is 14.0. The molecule has 1 heterocycles. The van der Waals surface area contributed by atoms with Gasteiger partial charge in [0.15, 0.2) is 5.69 Å². The summed E-state index contributed by atoms with van der Waals surface area (Å²) in [4.78, 5) is 37.5. The lowest BCUT2D eigenvalue weighted by Gasteiger charge is -2.24. The van der Waals surface area contributed by atoms with Crippen LogP contribution < -0.4 is 10.6 Å². The highest BCUT2D eigenvalue weighted by Crippen LogP contribution is 2.48. The van der Waals surface area contributed by atoms with Crippen LogP contribution in [0.4, 0.5) is 5.69 Å². The van der Waals surface area contributed by atoms with Crippen molar-refractivity contribution in [1.29, 1.82) is 0 Å². The zero-order valence-electron chi connectivity index (χ0n) is 16.6. The average Bonchev–Trinajstić information content (AvgIpc) is 3.42. The van der Waals surface area contributed by atoms with Gasteiger partial charge in [-0.25, -0.2) is 0 Å². The van der Waals surface area contributed by atoms with Crippen LogP contribution in [0.15, 0.2) is 18.3 Å². The van der Waals surface area contributed by atoms with E-state index in [1.165, 1.54) is 6.42 Å². The summed E-state index contributed by atoms with van der Waals surface area (Å²) in [5.41, 5.74) is 0.539. The third kappa shape index (κ3) is 3.80. The van der Waals surface area contributed by atoms with Gasteiger partial charge in [-0.3, -0.25) is 19.1 Å². The fraction of sp³-hybridized carbons (Fsp3) is 0.619. The summed E-state index contributed by atoms with van der Waals surface area (Å²) < 4.78 is 1.61. The van der Waals surface area contributed by atoms with Gasteiger partial charge in [0.2, 0.25) is 5.91 Å². The summed E-state index contributed by atoms with van der Waals surface area (Å²) in [6.07, 6.45) is 11.5. The van der Waals surface area contributed by atoms with Crippen LogP contribution in [0.25, 0.3) is 0 Å². The van der Waals surface area contributed by atoms with Crippen molar-refractivity contribution in [3.63, 3.8) is 0 Å². The predicted octanol–water partition coefficient (Wildman–Crippen LogP) is 2.43. The minimum Gasteiger partial charge on any atom is -0.481 e. The number of carboxylic acid groups (broad SMARTS) is 1. The number of carbonyl (C=O) groups excluding carboxylic acids is 2. The van der Waals surface area contributed by atoms with Crippen LogP contribution in [0.5, 0.6) is 0 Å². The van der Waals surface area contributed by atoms with Crippen LogP contribution in [0, 0.1) is 23.7 Å². The first-order valence-electron chi connectivity index (χ1n) is 10.6. The molecular formula is C21H28N4O4. The number of anilines is 1. The smallest absolute Gasteiger partial charge is 0.307 e. The molecule has 4 atom stereocenters. The number of allylic oxidation sites excluding steroid dienone is 2. The number of aromatic nitrogens is 2. The second-order valence-electron chi connectivity index (χ2n) is 8.38. The van der Waals surface area contributed by atoms with Gasteiger partial charge >= 0.3 is 5.97 Å². The zero-order valence-corrected chi connectivity index (χ0v) is 16.6. The Balaban J connectivity index is 1.51. The van der Waals surface area contributed by atoms with Gasteiger partial charge in [0.1, 0.15) is 0 Å². The van der Waals surface area contributed by atoms with Crippen molar-refractivity contribution in [2.24, 2.45) is 23.7 Å². The molecule has 1 aromatic rings. The van der Waals surface area contributed by atoms with Crippen molar-refractivity contribution in [2.75, 3.05) is 5.32 Å². The maximum Gasteiger partial charge on any atom is 0.307 e. The molecule has 156 valence electrons.